The maximum absolute atomic E-state index is 12.7. The van der Waals surface area contributed by atoms with Crippen LogP contribution in [0.3, 0.4) is 0 Å². The number of aliphatic hydroxyl groups excluding tert-OH is 1. The van der Waals surface area contributed by atoms with E-state index in [1.165, 1.54) is 11.1 Å². The van der Waals surface area contributed by atoms with Crippen LogP contribution in [-0.2, 0) is 16.6 Å². The predicted molar refractivity (Wildman–Crippen MR) is 96.9 cm³/mol. The maximum atomic E-state index is 12.7. The summed E-state index contributed by atoms with van der Waals surface area (Å²) in [6, 6.07) is 8.41. The zero-order valence-electron chi connectivity index (χ0n) is 15.3. The number of aryl methyl sites for hydroxylation is 1. The predicted octanol–water partition coefficient (Wildman–Crippen LogP) is 3.54. The van der Waals surface area contributed by atoms with Gasteiger partial charge < -0.3 is 10.0 Å². The van der Waals surface area contributed by atoms with Gasteiger partial charge in [-0.1, -0.05) is 45.0 Å². The summed E-state index contributed by atoms with van der Waals surface area (Å²) in [6.07, 6.45) is 4.64. The van der Waals surface area contributed by atoms with Gasteiger partial charge in [0.25, 0.3) is 0 Å². The normalized spacial score (nSPS) is 27.9. The Morgan fingerprint density at radius 2 is 1.96 bits per heavy atom. The molecular weight excluding hydrogens is 298 g/mol. The number of nitrogens with zero attached hydrogens (tertiary/aromatic N) is 1. The van der Waals surface area contributed by atoms with Crippen LogP contribution in [0.4, 0.5) is 0 Å². The van der Waals surface area contributed by atoms with Gasteiger partial charge in [0, 0.05) is 24.9 Å². The van der Waals surface area contributed by atoms with E-state index in [2.05, 4.69) is 45.0 Å². The van der Waals surface area contributed by atoms with Crippen molar-refractivity contribution in [3.63, 3.8) is 0 Å². The minimum Gasteiger partial charge on any atom is -0.395 e. The van der Waals surface area contributed by atoms with Crippen LogP contribution < -0.4 is 0 Å². The van der Waals surface area contributed by atoms with Crippen LogP contribution in [0.5, 0.6) is 0 Å². The zero-order valence-corrected chi connectivity index (χ0v) is 15.3. The van der Waals surface area contributed by atoms with Crippen molar-refractivity contribution in [1.29, 1.82) is 0 Å². The van der Waals surface area contributed by atoms with Gasteiger partial charge in [-0.15, -0.1) is 0 Å². The third kappa shape index (κ3) is 3.23. The molecule has 1 saturated heterocycles. The summed E-state index contributed by atoms with van der Waals surface area (Å²) >= 11 is 0. The molecule has 1 aliphatic carbocycles. The van der Waals surface area contributed by atoms with Crippen molar-refractivity contribution >= 4 is 5.91 Å². The SMILES string of the molecule is CC(C)(C)C1CCC(=O)N(CC2(CO)CCc3ccccc32)CC1. The number of aliphatic hydroxyl groups is 1. The molecule has 1 amide bonds. The van der Waals surface area contributed by atoms with Crippen molar-refractivity contribution in [3.8, 4) is 0 Å². The Balaban J connectivity index is 1.78. The number of rotatable bonds is 3. The fraction of sp³-hybridized carbons (Fsp3) is 0.667. The van der Waals surface area contributed by atoms with Gasteiger partial charge in [0.05, 0.1) is 6.61 Å². The summed E-state index contributed by atoms with van der Waals surface area (Å²) < 4.78 is 0. The third-order valence-corrected chi connectivity index (χ3v) is 6.29. The van der Waals surface area contributed by atoms with E-state index in [0.717, 1.165) is 32.2 Å². The Morgan fingerprint density at radius 1 is 1.21 bits per heavy atom. The molecule has 24 heavy (non-hydrogen) atoms. The van der Waals surface area contributed by atoms with Gasteiger partial charge >= 0.3 is 0 Å². The highest BCUT2D eigenvalue weighted by Crippen LogP contribution is 2.41. The molecule has 1 fully saturated rings. The van der Waals surface area contributed by atoms with E-state index in [4.69, 9.17) is 0 Å². The molecule has 132 valence electrons. The summed E-state index contributed by atoms with van der Waals surface area (Å²) in [5.41, 5.74) is 2.57. The van der Waals surface area contributed by atoms with Crippen molar-refractivity contribution in [2.24, 2.45) is 11.3 Å². The molecule has 2 atom stereocenters. The van der Waals surface area contributed by atoms with Crippen molar-refractivity contribution in [2.45, 2.75) is 58.3 Å². The molecule has 1 aliphatic heterocycles. The van der Waals surface area contributed by atoms with Gasteiger partial charge in [0.1, 0.15) is 0 Å². The fourth-order valence-electron chi connectivity index (χ4n) is 4.58. The summed E-state index contributed by atoms with van der Waals surface area (Å²) in [7, 11) is 0. The highest BCUT2D eigenvalue weighted by atomic mass is 16.3. The summed E-state index contributed by atoms with van der Waals surface area (Å²) in [6.45, 7) is 8.44. The first-order chi connectivity index (χ1) is 11.4. The van der Waals surface area contributed by atoms with Crippen LogP contribution in [0.15, 0.2) is 24.3 Å². The lowest BCUT2D eigenvalue weighted by molar-refractivity contribution is -0.131. The first kappa shape index (κ1) is 17.5. The minimum absolute atomic E-state index is 0.122. The second kappa shape index (κ2) is 6.51. The number of benzene rings is 1. The van der Waals surface area contributed by atoms with Gasteiger partial charge in [0.15, 0.2) is 0 Å². The van der Waals surface area contributed by atoms with Crippen LogP contribution in [0.2, 0.25) is 0 Å². The van der Waals surface area contributed by atoms with Crippen LogP contribution in [0, 0.1) is 11.3 Å². The second-order valence-electron chi connectivity index (χ2n) is 8.80. The number of carbonyl (C=O) groups excluding carboxylic acids is 1. The molecule has 0 aromatic heterocycles. The molecule has 2 aliphatic rings. The number of fused-ring (bicyclic) bond motifs is 1. The van der Waals surface area contributed by atoms with Gasteiger partial charge in [-0.3, -0.25) is 4.79 Å². The van der Waals surface area contributed by atoms with Crippen molar-refractivity contribution in [1.82, 2.24) is 4.90 Å². The van der Waals surface area contributed by atoms with E-state index in [1.807, 2.05) is 4.90 Å². The standard InChI is InChI=1S/C21H31NO2/c1-20(2,3)17-8-9-19(24)22(13-11-17)14-21(15-23)12-10-16-6-4-5-7-18(16)21/h4-7,17,23H,8-15H2,1-3H3. The zero-order chi connectivity index (χ0) is 17.4. The van der Waals surface area contributed by atoms with Crippen LogP contribution in [-0.4, -0.2) is 35.6 Å². The Kier molecular flexibility index (Phi) is 4.74. The number of hydrogen-bond donors (Lipinski definition) is 1. The molecule has 0 spiro atoms. The number of carbonyl (C=O) groups is 1. The average molecular weight is 329 g/mol. The Labute approximate surface area is 146 Å². The van der Waals surface area contributed by atoms with Crippen LogP contribution in [0.25, 0.3) is 0 Å². The van der Waals surface area contributed by atoms with E-state index < -0.39 is 0 Å². The van der Waals surface area contributed by atoms with Crippen molar-refractivity contribution in [3.05, 3.63) is 35.4 Å². The van der Waals surface area contributed by atoms with E-state index in [1.54, 1.807) is 0 Å². The summed E-state index contributed by atoms with van der Waals surface area (Å²) in [4.78, 5) is 14.7. The summed E-state index contributed by atoms with van der Waals surface area (Å²) in [5, 5.41) is 10.2. The second-order valence-corrected chi connectivity index (χ2v) is 8.80. The molecule has 1 aromatic rings. The number of likely N-dealkylation sites (tertiary alicyclic amines) is 1. The molecule has 3 rings (SSSR count). The monoisotopic (exact) mass is 329 g/mol. The van der Waals surface area contributed by atoms with E-state index in [0.29, 0.717) is 18.9 Å². The molecule has 1 aromatic carbocycles. The van der Waals surface area contributed by atoms with Gasteiger partial charge in [0.2, 0.25) is 5.91 Å². The quantitative estimate of drug-likeness (QED) is 0.921. The Bertz CT molecular complexity index is 604. The molecule has 2 unspecified atom stereocenters. The largest absolute Gasteiger partial charge is 0.395 e. The number of amides is 1. The molecular formula is C21H31NO2. The smallest absolute Gasteiger partial charge is 0.222 e. The van der Waals surface area contributed by atoms with Crippen LogP contribution in [0.1, 0.15) is 57.6 Å². The van der Waals surface area contributed by atoms with E-state index in [9.17, 15) is 9.90 Å². The molecule has 1 heterocycles. The van der Waals surface area contributed by atoms with Crippen LogP contribution >= 0.6 is 0 Å². The molecule has 0 saturated carbocycles. The Morgan fingerprint density at radius 3 is 2.67 bits per heavy atom. The average Bonchev–Trinajstić information content (AvgIpc) is 2.80. The lowest BCUT2D eigenvalue weighted by Gasteiger charge is -2.35. The lowest BCUT2D eigenvalue weighted by atomic mass is 9.76. The van der Waals surface area contributed by atoms with Gasteiger partial charge in [-0.05, 0) is 48.1 Å². The van der Waals surface area contributed by atoms with Gasteiger partial charge in [-0.25, -0.2) is 0 Å². The molecule has 0 radical (unpaired) electrons. The van der Waals surface area contributed by atoms with Crippen molar-refractivity contribution in [2.75, 3.05) is 19.7 Å². The minimum atomic E-state index is -0.270. The molecule has 3 heteroatoms. The van der Waals surface area contributed by atoms with Crippen molar-refractivity contribution < 1.29 is 9.90 Å². The third-order valence-electron chi connectivity index (χ3n) is 6.29. The lowest BCUT2D eigenvalue weighted by Crippen LogP contribution is -2.45. The summed E-state index contributed by atoms with van der Waals surface area (Å²) in [5.74, 6) is 0.853. The molecule has 3 nitrogen and oxygen atoms in total. The van der Waals surface area contributed by atoms with E-state index >= 15 is 0 Å². The first-order valence-corrected chi connectivity index (χ1v) is 9.33. The highest BCUT2D eigenvalue weighted by Gasteiger charge is 2.41. The Hall–Kier alpha value is -1.35. The molecule has 1 N–H and O–H groups in total. The number of hydrogen-bond acceptors (Lipinski definition) is 2. The highest BCUT2D eigenvalue weighted by molar-refractivity contribution is 5.76. The topological polar surface area (TPSA) is 40.5 Å². The maximum Gasteiger partial charge on any atom is 0.222 e. The first-order valence-electron chi connectivity index (χ1n) is 9.33. The fourth-order valence-corrected chi connectivity index (χ4v) is 4.58. The van der Waals surface area contributed by atoms with E-state index in [-0.39, 0.29) is 23.3 Å². The molecule has 0 bridgehead atoms. The van der Waals surface area contributed by atoms with Gasteiger partial charge in [-0.2, -0.15) is 0 Å².